The average Bonchev–Trinajstić information content (AvgIpc) is 2.48. The Labute approximate surface area is 144 Å². The van der Waals surface area contributed by atoms with Crippen molar-refractivity contribution in [2.75, 3.05) is 13.2 Å². The molecule has 0 aromatic carbocycles. The minimum Gasteiger partial charge on any atom is -0.460 e. The van der Waals surface area contributed by atoms with Crippen molar-refractivity contribution in [1.82, 2.24) is 0 Å². The van der Waals surface area contributed by atoms with Crippen LogP contribution in [0.5, 0.6) is 0 Å². The van der Waals surface area contributed by atoms with Gasteiger partial charge in [-0.2, -0.15) is 0 Å². The second-order valence-electron chi connectivity index (χ2n) is 7.53. The highest BCUT2D eigenvalue weighted by molar-refractivity contribution is 5.81. The van der Waals surface area contributed by atoms with E-state index in [1.807, 2.05) is 26.8 Å². The molecule has 1 aliphatic rings. The van der Waals surface area contributed by atoms with E-state index in [0.717, 1.165) is 18.4 Å². The molecule has 0 aromatic heterocycles. The standard InChI is InChI=1S/C19H29NO4/c1-18(2,3)24-16(21)13-20-12-11-19(4,5)17(22)23-14-15-9-7-6-8-10-15/h7,9-10,12H,6,8,11,13-14H2,1-5H3. The van der Waals surface area contributed by atoms with Crippen LogP contribution in [0.1, 0.15) is 53.9 Å². The summed E-state index contributed by atoms with van der Waals surface area (Å²) in [6.45, 7) is 9.30. The highest BCUT2D eigenvalue weighted by atomic mass is 16.6. The molecule has 5 heteroatoms. The molecule has 0 aliphatic heterocycles. The van der Waals surface area contributed by atoms with E-state index in [1.165, 1.54) is 0 Å². The molecule has 5 nitrogen and oxygen atoms in total. The van der Waals surface area contributed by atoms with Gasteiger partial charge in [-0.15, -0.1) is 0 Å². The molecule has 0 atom stereocenters. The maximum Gasteiger partial charge on any atom is 0.328 e. The predicted octanol–water partition coefficient (Wildman–Crippen LogP) is 3.63. The number of ether oxygens (including phenoxy) is 2. The lowest BCUT2D eigenvalue weighted by molar-refractivity contribution is -0.153. The monoisotopic (exact) mass is 335 g/mol. The number of rotatable bonds is 7. The SMILES string of the molecule is CC(C)(C)OC(=O)CN=CCC(C)(C)C(=O)OCC1=CCCC=C1. The molecule has 134 valence electrons. The number of carbonyl (C=O) groups excluding carboxylic acids is 2. The summed E-state index contributed by atoms with van der Waals surface area (Å²) in [5, 5.41) is 0. The smallest absolute Gasteiger partial charge is 0.328 e. The van der Waals surface area contributed by atoms with Gasteiger partial charge in [0.15, 0.2) is 0 Å². The zero-order chi connectivity index (χ0) is 18.2. The number of hydrogen-bond donors (Lipinski definition) is 0. The molecule has 0 fully saturated rings. The number of allylic oxidation sites excluding steroid dienone is 2. The summed E-state index contributed by atoms with van der Waals surface area (Å²) in [6.07, 6.45) is 10.2. The number of esters is 2. The fourth-order valence-corrected chi connectivity index (χ4v) is 2.01. The first-order chi connectivity index (χ1) is 11.1. The van der Waals surface area contributed by atoms with E-state index in [9.17, 15) is 9.59 Å². The van der Waals surface area contributed by atoms with Crippen LogP contribution in [-0.2, 0) is 19.1 Å². The van der Waals surface area contributed by atoms with E-state index < -0.39 is 11.0 Å². The third-order valence-corrected chi connectivity index (χ3v) is 3.37. The summed E-state index contributed by atoms with van der Waals surface area (Å²) in [5.41, 5.74) is -0.169. The molecule has 0 heterocycles. The Morgan fingerprint density at radius 2 is 1.92 bits per heavy atom. The molecule has 1 rings (SSSR count). The number of hydrogen-bond acceptors (Lipinski definition) is 5. The van der Waals surface area contributed by atoms with E-state index in [-0.39, 0.29) is 18.5 Å². The van der Waals surface area contributed by atoms with Crippen LogP contribution in [-0.4, -0.2) is 36.9 Å². The van der Waals surface area contributed by atoms with Crippen molar-refractivity contribution in [3.8, 4) is 0 Å². The van der Waals surface area contributed by atoms with Crippen LogP contribution >= 0.6 is 0 Å². The van der Waals surface area contributed by atoms with E-state index in [2.05, 4.69) is 17.1 Å². The van der Waals surface area contributed by atoms with Gasteiger partial charge in [-0.25, -0.2) is 0 Å². The lowest BCUT2D eigenvalue weighted by atomic mass is 9.90. The molecular formula is C19H29NO4. The van der Waals surface area contributed by atoms with E-state index >= 15 is 0 Å². The Hall–Kier alpha value is -1.91. The first-order valence-corrected chi connectivity index (χ1v) is 8.33. The summed E-state index contributed by atoms with van der Waals surface area (Å²) >= 11 is 0. The second kappa shape index (κ2) is 8.81. The van der Waals surface area contributed by atoms with E-state index in [0.29, 0.717) is 13.0 Å². The lowest BCUT2D eigenvalue weighted by Gasteiger charge is -2.21. The number of nitrogens with zero attached hydrogens (tertiary/aromatic N) is 1. The topological polar surface area (TPSA) is 65.0 Å². The molecule has 1 aliphatic carbocycles. The first-order valence-electron chi connectivity index (χ1n) is 8.33. The van der Waals surface area contributed by atoms with Crippen molar-refractivity contribution in [3.63, 3.8) is 0 Å². The van der Waals surface area contributed by atoms with Gasteiger partial charge in [-0.05, 0) is 59.5 Å². The zero-order valence-electron chi connectivity index (χ0n) is 15.4. The summed E-state index contributed by atoms with van der Waals surface area (Å²) in [6, 6.07) is 0. The van der Waals surface area contributed by atoms with Crippen LogP contribution in [0.15, 0.2) is 28.8 Å². The fraction of sp³-hybridized carbons (Fsp3) is 0.632. The summed E-state index contributed by atoms with van der Waals surface area (Å²) < 4.78 is 10.5. The van der Waals surface area contributed by atoms with Crippen molar-refractivity contribution in [1.29, 1.82) is 0 Å². The van der Waals surface area contributed by atoms with Crippen LogP contribution in [0.4, 0.5) is 0 Å². The molecule has 24 heavy (non-hydrogen) atoms. The molecular weight excluding hydrogens is 306 g/mol. The molecule has 0 saturated heterocycles. The lowest BCUT2D eigenvalue weighted by Crippen LogP contribution is -2.28. The van der Waals surface area contributed by atoms with Crippen LogP contribution < -0.4 is 0 Å². The molecule has 0 unspecified atom stereocenters. The van der Waals surface area contributed by atoms with E-state index in [4.69, 9.17) is 9.47 Å². The summed E-state index contributed by atoms with van der Waals surface area (Å²) in [4.78, 5) is 27.8. The van der Waals surface area contributed by atoms with Gasteiger partial charge in [0.2, 0.25) is 0 Å². The Bertz CT molecular complexity index is 536. The molecule has 0 aromatic rings. The number of aliphatic imine (C=N–C) groups is 1. The van der Waals surface area contributed by atoms with Crippen molar-refractivity contribution < 1.29 is 19.1 Å². The minimum absolute atomic E-state index is 0.0416. The molecule has 0 saturated carbocycles. The summed E-state index contributed by atoms with van der Waals surface area (Å²) in [5.74, 6) is -0.652. The highest BCUT2D eigenvalue weighted by Gasteiger charge is 2.28. The molecule has 0 amide bonds. The van der Waals surface area contributed by atoms with Crippen LogP contribution in [0.3, 0.4) is 0 Å². The molecule has 0 radical (unpaired) electrons. The first kappa shape index (κ1) is 20.1. The van der Waals surface area contributed by atoms with Crippen LogP contribution in [0.25, 0.3) is 0 Å². The van der Waals surface area contributed by atoms with Gasteiger partial charge in [0.05, 0.1) is 5.41 Å². The van der Waals surface area contributed by atoms with Gasteiger partial charge in [-0.3, -0.25) is 14.6 Å². The maximum atomic E-state index is 12.2. The number of carbonyl (C=O) groups is 2. The second-order valence-corrected chi connectivity index (χ2v) is 7.53. The Morgan fingerprint density at radius 3 is 2.50 bits per heavy atom. The van der Waals surface area contributed by atoms with Gasteiger partial charge in [0.1, 0.15) is 18.8 Å². The fourth-order valence-electron chi connectivity index (χ4n) is 2.01. The maximum absolute atomic E-state index is 12.2. The van der Waals surface area contributed by atoms with Gasteiger partial charge < -0.3 is 9.47 Å². The predicted molar refractivity (Wildman–Crippen MR) is 95.0 cm³/mol. The van der Waals surface area contributed by atoms with Gasteiger partial charge in [0.25, 0.3) is 0 Å². The van der Waals surface area contributed by atoms with Gasteiger partial charge in [0, 0.05) is 6.21 Å². The van der Waals surface area contributed by atoms with Crippen molar-refractivity contribution >= 4 is 18.2 Å². The third kappa shape index (κ3) is 8.09. The molecule has 0 bridgehead atoms. The highest BCUT2D eigenvalue weighted by Crippen LogP contribution is 2.22. The quantitative estimate of drug-likeness (QED) is 0.526. The summed E-state index contributed by atoms with van der Waals surface area (Å²) in [7, 11) is 0. The van der Waals surface area contributed by atoms with Crippen molar-refractivity contribution in [2.24, 2.45) is 10.4 Å². The Balaban J connectivity index is 2.37. The zero-order valence-corrected chi connectivity index (χ0v) is 15.4. The van der Waals surface area contributed by atoms with Crippen LogP contribution in [0, 0.1) is 5.41 Å². The van der Waals surface area contributed by atoms with Crippen molar-refractivity contribution in [2.45, 2.75) is 59.5 Å². The van der Waals surface area contributed by atoms with E-state index in [1.54, 1.807) is 20.1 Å². The minimum atomic E-state index is -0.684. The van der Waals surface area contributed by atoms with Gasteiger partial charge in [-0.1, -0.05) is 18.2 Å². The molecule has 0 spiro atoms. The van der Waals surface area contributed by atoms with Crippen molar-refractivity contribution in [3.05, 3.63) is 23.8 Å². The van der Waals surface area contributed by atoms with Gasteiger partial charge >= 0.3 is 11.9 Å². The van der Waals surface area contributed by atoms with Crippen LogP contribution in [0.2, 0.25) is 0 Å². The largest absolute Gasteiger partial charge is 0.460 e. The Kier molecular flexibility index (Phi) is 7.39. The third-order valence-electron chi connectivity index (χ3n) is 3.37. The Morgan fingerprint density at radius 1 is 1.21 bits per heavy atom. The average molecular weight is 335 g/mol. The normalized spacial score (nSPS) is 15.3. The molecule has 0 N–H and O–H groups in total.